The lowest BCUT2D eigenvalue weighted by molar-refractivity contribution is -0.167. The number of allylic oxidation sites excluding steroid dienone is 8. The second-order valence-electron chi connectivity index (χ2n) is 23.8. The van der Waals surface area contributed by atoms with Gasteiger partial charge in [0.15, 0.2) is 6.10 Å². The van der Waals surface area contributed by atoms with E-state index >= 15 is 0 Å². The van der Waals surface area contributed by atoms with Gasteiger partial charge in [-0.2, -0.15) is 0 Å². The molecule has 0 aliphatic rings. The predicted molar refractivity (Wildman–Crippen MR) is 344 cm³/mol. The van der Waals surface area contributed by atoms with Crippen molar-refractivity contribution in [3.05, 3.63) is 48.6 Å². The van der Waals surface area contributed by atoms with Gasteiger partial charge in [0.1, 0.15) is 13.2 Å². The highest BCUT2D eigenvalue weighted by Crippen LogP contribution is 2.18. The fraction of sp³-hybridized carbons (Fsp3) is 0.849. The molecule has 0 aliphatic carbocycles. The van der Waals surface area contributed by atoms with Gasteiger partial charge in [0, 0.05) is 19.3 Å². The molecule has 0 aliphatic heterocycles. The summed E-state index contributed by atoms with van der Waals surface area (Å²) in [5, 5.41) is 0. The Hall–Kier alpha value is -2.63. The van der Waals surface area contributed by atoms with Crippen LogP contribution in [0.25, 0.3) is 0 Å². The van der Waals surface area contributed by atoms with Gasteiger partial charge in [-0.1, -0.05) is 307 Å². The van der Waals surface area contributed by atoms with Crippen LogP contribution in [-0.4, -0.2) is 37.2 Å². The van der Waals surface area contributed by atoms with Crippen molar-refractivity contribution in [3.8, 4) is 0 Å². The predicted octanol–water partition coefficient (Wildman–Crippen LogP) is 24.1. The number of esters is 3. The van der Waals surface area contributed by atoms with Crippen LogP contribution in [0.4, 0.5) is 0 Å². The van der Waals surface area contributed by atoms with Gasteiger partial charge < -0.3 is 14.2 Å². The lowest BCUT2D eigenvalue weighted by Crippen LogP contribution is -2.30. The molecule has 6 nitrogen and oxygen atoms in total. The summed E-state index contributed by atoms with van der Waals surface area (Å²) in [6.07, 6.45) is 85.6. The zero-order valence-corrected chi connectivity index (χ0v) is 53.2. The minimum atomic E-state index is -0.781. The minimum absolute atomic E-state index is 0.0761. The lowest BCUT2D eigenvalue weighted by atomic mass is 10.0. The topological polar surface area (TPSA) is 78.9 Å². The smallest absolute Gasteiger partial charge is 0.306 e. The number of carbonyl (C=O) groups is 3. The molecule has 0 saturated heterocycles. The summed E-state index contributed by atoms with van der Waals surface area (Å²) in [6, 6.07) is 0. The molecule has 0 rings (SSSR count). The van der Waals surface area contributed by atoms with Crippen LogP contribution < -0.4 is 0 Å². The Labute approximate surface area is 492 Å². The SMILES string of the molecule is CCCCCC/C=C\C/C=C\CCCCCCCC(=O)OCC(COC(=O)CCCCCCCCCCCCCCCCC/C=C\CCCCCCCCCC)OC(=O)CCCCCCCCC/C=C\CCCCCCCCC. The molecule has 0 saturated carbocycles. The van der Waals surface area contributed by atoms with Crippen molar-refractivity contribution >= 4 is 17.9 Å². The first kappa shape index (κ1) is 76.4. The second-order valence-corrected chi connectivity index (χ2v) is 23.8. The Morgan fingerprint density at radius 2 is 0.456 bits per heavy atom. The Bertz CT molecular complexity index is 1360. The van der Waals surface area contributed by atoms with Crippen molar-refractivity contribution in [2.45, 2.75) is 386 Å². The number of ether oxygens (including phenoxy) is 3. The van der Waals surface area contributed by atoms with Gasteiger partial charge in [0.2, 0.25) is 0 Å². The van der Waals surface area contributed by atoms with Crippen LogP contribution in [0.5, 0.6) is 0 Å². The van der Waals surface area contributed by atoms with Crippen molar-refractivity contribution in [1.29, 1.82) is 0 Å². The van der Waals surface area contributed by atoms with E-state index in [1.165, 1.54) is 263 Å². The highest BCUT2D eigenvalue weighted by atomic mass is 16.6. The normalized spacial score (nSPS) is 12.3. The molecule has 0 radical (unpaired) electrons. The maximum absolute atomic E-state index is 12.9. The molecule has 79 heavy (non-hydrogen) atoms. The van der Waals surface area contributed by atoms with E-state index in [1.54, 1.807) is 0 Å². The van der Waals surface area contributed by atoms with Gasteiger partial charge in [-0.3, -0.25) is 14.4 Å². The van der Waals surface area contributed by atoms with Crippen LogP contribution in [0.1, 0.15) is 380 Å². The molecule has 0 spiro atoms. The second kappa shape index (κ2) is 67.9. The van der Waals surface area contributed by atoms with Crippen molar-refractivity contribution in [2.75, 3.05) is 13.2 Å². The third kappa shape index (κ3) is 66.1. The zero-order valence-electron chi connectivity index (χ0n) is 53.2. The van der Waals surface area contributed by atoms with Crippen molar-refractivity contribution < 1.29 is 28.6 Å². The Balaban J connectivity index is 4.27. The number of carbonyl (C=O) groups excluding carboxylic acids is 3. The van der Waals surface area contributed by atoms with Gasteiger partial charge in [-0.25, -0.2) is 0 Å². The maximum Gasteiger partial charge on any atom is 0.306 e. The fourth-order valence-corrected chi connectivity index (χ4v) is 10.5. The lowest BCUT2D eigenvalue weighted by Gasteiger charge is -2.18. The van der Waals surface area contributed by atoms with E-state index in [4.69, 9.17) is 14.2 Å². The van der Waals surface area contributed by atoms with Gasteiger partial charge in [0.25, 0.3) is 0 Å². The van der Waals surface area contributed by atoms with Crippen LogP contribution in [0.3, 0.4) is 0 Å². The van der Waals surface area contributed by atoms with Crippen molar-refractivity contribution in [2.24, 2.45) is 0 Å². The molecule has 0 heterocycles. The van der Waals surface area contributed by atoms with Gasteiger partial charge in [-0.05, 0) is 103 Å². The first-order valence-corrected chi connectivity index (χ1v) is 35.1. The van der Waals surface area contributed by atoms with E-state index in [0.717, 1.165) is 77.0 Å². The van der Waals surface area contributed by atoms with Crippen LogP contribution in [-0.2, 0) is 28.6 Å². The first-order chi connectivity index (χ1) is 39.0. The van der Waals surface area contributed by atoms with Crippen LogP contribution >= 0.6 is 0 Å². The molecule has 0 fully saturated rings. The maximum atomic E-state index is 12.9. The average molecular weight is 1110 g/mol. The molecule has 462 valence electrons. The van der Waals surface area contributed by atoms with Crippen molar-refractivity contribution in [1.82, 2.24) is 0 Å². The summed E-state index contributed by atoms with van der Waals surface area (Å²) < 4.78 is 17.0. The van der Waals surface area contributed by atoms with Crippen LogP contribution in [0.15, 0.2) is 48.6 Å². The highest BCUT2D eigenvalue weighted by molar-refractivity contribution is 5.71. The average Bonchev–Trinajstić information content (AvgIpc) is 3.45. The molecule has 0 aromatic carbocycles. The molecule has 0 aromatic heterocycles. The monoisotopic (exact) mass is 1110 g/mol. The van der Waals surface area contributed by atoms with E-state index < -0.39 is 6.10 Å². The van der Waals surface area contributed by atoms with Gasteiger partial charge in [0.05, 0.1) is 0 Å². The molecular formula is C73H134O6. The summed E-state index contributed by atoms with van der Waals surface area (Å²) in [6.45, 7) is 6.67. The Morgan fingerprint density at radius 3 is 0.722 bits per heavy atom. The minimum Gasteiger partial charge on any atom is -0.462 e. The number of rotatable bonds is 65. The van der Waals surface area contributed by atoms with Crippen molar-refractivity contribution in [3.63, 3.8) is 0 Å². The third-order valence-corrected chi connectivity index (χ3v) is 15.8. The number of hydrogen-bond donors (Lipinski definition) is 0. The molecular weight excluding hydrogens is 973 g/mol. The standard InChI is InChI=1S/C73H134O6/c1-4-7-10-13-16-19-22-25-28-31-33-34-35-36-37-38-39-40-41-43-45-48-51-54-57-60-63-66-72(75)78-69-70(68-77-71(74)65-62-59-56-53-50-47-44-30-27-24-21-18-15-12-9-6-3)79-73(76)67-64-61-58-55-52-49-46-42-32-29-26-23-20-17-14-11-8-5-2/h21,24,29-33,44,70H,4-20,22-23,25-28,34-43,45-69H2,1-3H3/b24-21-,32-29-,33-31-,44-30-. The largest absolute Gasteiger partial charge is 0.462 e. The molecule has 6 heteroatoms. The Kier molecular flexibility index (Phi) is 65.6. The van der Waals surface area contributed by atoms with Crippen LogP contribution in [0, 0.1) is 0 Å². The van der Waals surface area contributed by atoms with Crippen LogP contribution in [0.2, 0.25) is 0 Å². The van der Waals surface area contributed by atoms with E-state index in [-0.39, 0.29) is 31.1 Å². The van der Waals surface area contributed by atoms with E-state index in [2.05, 4.69) is 69.4 Å². The van der Waals surface area contributed by atoms with E-state index in [9.17, 15) is 14.4 Å². The summed E-state index contributed by atoms with van der Waals surface area (Å²) in [7, 11) is 0. The first-order valence-electron chi connectivity index (χ1n) is 35.1. The third-order valence-electron chi connectivity index (χ3n) is 15.8. The molecule has 1 atom stereocenters. The summed E-state index contributed by atoms with van der Waals surface area (Å²) in [4.78, 5) is 38.4. The fourth-order valence-electron chi connectivity index (χ4n) is 10.5. The molecule has 0 bridgehead atoms. The zero-order chi connectivity index (χ0) is 57.1. The summed E-state index contributed by atoms with van der Waals surface area (Å²) in [5.41, 5.74) is 0. The molecule has 0 aromatic rings. The quantitative estimate of drug-likeness (QED) is 0.0261. The number of unbranched alkanes of at least 4 members (excludes halogenated alkanes) is 46. The Morgan fingerprint density at radius 1 is 0.253 bits per heavy atom. The molecule has 0 amide bonds. The van der Waals surface area contributed by atoms with Gasteiger partial charge >= 0.3 is 17.9 Å². The highest BCUT2D eigenvalue weighted by Gasteiger charge is 2.19. The van der Waals surface area contributed by atoms with E-state index in [0.29, 0.717) is 19.3 Å². The molecule has 0 N–H and O–H groups in total. The summed E-state index contributed by atoms with van der Waals surface area (Å²) >= 11 is 0. The number of hydrogen-bond acceptors (Lipinski definition) is 6. The summed E-state index contributed by atoms with van der Waals surface area (Å²) in [5.74, 6) is -0.871. The van der Waals surface area contributed by atoms with E-state index in [1.807, 2.05) is 0 Å². The molecule has 1 unspecified atom stereocenters. The van der Waals surface area contributed by atoms with Gasteiger partial charge in [-0.15, -0.1) is 0 Å².